The van der Waals surface area contributed by atoms with E-state index >= 15 is 0 Å². The van der Waals surface area contributed by atoms with Gasteiger partial charge in [0.15, 0.2) is 5.76 Å². The summed E-state index contributed by atoms with van der Waals surface area (Å²) in [5.74, 6) is 1.50. The van der Waals surface area contributed by atoms with Crippen LogP contribution < -0.4 is 5.69 Å². The molecule has 0 atom stereocenters. The molecule has 0 N–H and O–H groups in total. The maximum atomic E-state index is 13.1. The normalized spacial score (nSPS) is 13.7. The molecular weight excluding hydrogens is 420 g/mol. The summed E-state index contributed by atoms with van der Waals surface area (Å²) >= 11 is 0. The molecule has 0 spiro atoms. The molecule has 0 bridgehead atoms. The first-order chi connectivity index (χ1) is 16.0. The second-order valence-corrected chi connectivity index (χ2v) is 8.39. The lowest BCUT2D eigenvalue weighted by atomic mass is 10.2. The van der Waals surface area contributed by atoms with Crippen molar-refractivity contribution >= 4 is 5.91 Å². The van der Waals surface area contributed by atoms with Gasteiger partial charge in [-0.25, -0.2) is 9.48 Å². The van der Waals surface area contributed by atoms with Crippen molar-refractivity contribution in [1.82, 2.24) is 29.0 Å². The maximum absolute atomic E-state index is 13.1. The zero-order valence-corrected chi connectivity index (χ0v) is 18.8. The Kier molecular flexibility index (Phi) is 5.45. The third kappa shape index (κ3) is 4.26. The van der Waals surface area contributed by atoms with Crippen LogP contribution in [0.1, 0.15) is 39.1 Å². The van der Waals surface area contributed by atoms with Crippen LogP contribution in [0.5, 0.6) is 0 Å². The van der Waals surface area contributed by atoms with E-state index in [0.717, 1.165) is 17.0 Å². The number of aromatic nitrogens is 5. The van der Waals surface area contributed by atoms with E-state index in [4.69, 9.17) is 4.42 Å². The predicted octanol–water partition coefficient (Wildman–Crippen LogP) is 2.25. The van der Waals surface area contributed by atoms with Gasteiger partial charge in [-0.3, -0.25) is 14.0 Å². The van der Waals surface area contributed by atoms with Crippen LogP contribution in [0.3, 0.4) is 0 Å². The molecular formula is C24H26N6O3. The fourth-order valence-electron chi connectivity index (χ4n) is 4.24. The Morgan fingerprint density at radius 2 is 1.79 bits per heavy atom. The van der Waals surface area contributed by atoms with Crippen LogP contribution in [0.2, 0.25) is 0 Å². The SMILES string of the molecule is Cc1cc(C)n(Cc2ccc(C(=O)N3CCc4nn(Cc5ccccc5)c(=O)n4CC3)o2)n1. The molecule has 5 rings (SSSR count). The topological polar surface area (TPSA) is 91.1 Å². The number of hydrogen-bond acceptors (Lipinski definition) is 5. The first-order valence-corrected chi connectivity index (χ1v) is 11.1. The minimum absolute atomic E-state index is 0.145. The maximum Gasteiger partial charge on any atom is 0.346 e. The van der Waals surface area contributed by atoms with E-state index < -0.39 is 0 Å². The van der Waals surface area contributed by atoms with E-state index in [1.807, 2.05) is 61.0 Å². The molecule has 4 heterocycles. The highest BCUT2D eigenvalue weighted by Crippen LogP contribution is 2.15. The van der Waals surface area contributed by atoms with Gasteiger partial charge in [-0.15, -0.1) is 0 Å². The fraction of sp³-hybridized carbons (Fsp3) is 0.333. The third-order valence-corrected chi connectivity index (χ3v) is 5.94. The number of fused-ring (bicyclic) bond motifs is 1. The molecule has 33 heavy (non-hydrogen) atoms. The summed E-state index contributed by atoms with van der Waals surface area (Å²) in [6, 6.07) is 15.3. The predicted molar refractivity (Wildman–Crippen MR) is 121 cm³/mol. The van der Waals surface area contributed by atoms with Gasteiger partial charge in [0, 0.05) is 31.7 Å². The van der Waals surface area contributed by atoms with Crippen LogP contribution in [0.15, 0.2) is 57.7 Å². The highest BCUT2D eigenvalue weighted by molar-refractivity contribution is 5.91. The van der Waals surface area contributed by atoms with Gasteiger partial charge in [0.1, 0.15) is 11.6 Å². The van der Waals surface area contributed by atoms with E-state index in [1.54, 1.807) is 15.5 Å². The second-order valence-electron chi connectivity index (χ2n) is 8.39. The van der Waals surface area contributed by atoms with Crippen molar-refractivity contribution in [3.63, 3.8) is 0 Å². The summed E-state index contributed by atoms with van der Waals surface area (Å²) in [6.07, 6.45) is 0.516. The monoisotopic (exact) mass is 446 g/mol. The molecule has 0 fully saturated rings. The molecule has 0 radical (unpaired) electrons. The zero-order chi connectivity index (χ0) is 22.9. The molecule has 1 aliphatic heterocycles. The van der Waals surface area contributed by atoms with Gasteiger partial charge < -0.3 is 9.32 Å². The Hall–Kier alpha value is -3.88. The first-order valence-electron chi connectivity index (χ1n) is 11.1. The molecule has 0 unspecified atom stereocenters. The van der Waals surface area contributed by atoms with Crippen molar-refractivity contribution in [3.8, 4) is 0 Å². The van der Waals surface area contributed by atoms with Gasteiger partial charge in [-0.1, -0.05) is 30.3 Å². The summed E-state index contributed by atoms with van der Waals surface area (Å²) in [5.41, 5.74) is 2.86. The van der Waals surface area contributed by atoms with Gasteiger partial charge in [-0.05, 0) is 37.6 Å². The number of rotatable bonds is 5. The number of amides is 1. The van der Waals surface area contributed by atoms with Crippen molar-refractivity contribution in [3.05, 3.63) is 93.3 Å². The molecule has 1 aromatic carbocycles. The smallest absolute Gasteiger partial charge is 0.346 e. The zero-order valence-electron chi connectivity index (χ0n) is 18.8. The third-order valence-electron chi connectivity index (χ3n) is 5.94. The lowest BCUT2D eigenvalue weighted by Crippen LogP contribution is -2.35. The van der Waals surface area contributed by atoms with Gasteiger partial charge in [0.05, 0.1) is 18.8 Å². The number of nitrogens with zero attached hydrogens (tertiary/aromatic N) is 6. The van der Waals surface area contributed by atoms with Crippen LogP contribution in [-0.2, 0) is 26.1 Å². The average Bonchev–Trinajstić information content (AvgIpc) is 3.42. The Bertz CT molecular complexity index is 1340. The molecule has 0 saturated heterocycles. The van der Waals surface area contributed by atoms with Crippen LogP contribution in [0.4, 0.5) is 0 Å². The minimum atomic E-state index is -0.176. The highest BCUT2D eigenvalue weighted by Gasteiger charge is 2.25. The lowest BCUT2D eigenvalue weighted by Gasteiger charge is -2.18. The lowest BCUT2D eigenvalue weighted by molar-refractivity contribution is 0.0724. The summed E-state index contributed by atoms with van der Waals surface area (Å²) in [4.78, 5) is 27.6. The summed E-state index contributed by atoms with van der Waals surface area (Å²) in [6.45, 7) is 6.17. The van der Waals surface area contributed by atoms with Crippen molar-refractivity contribution in [2.24, 2.45) is 0 Å². The van der Waals surface area contributed by atoms with Crippen molar-refractivity contribution < 1.29 is 9.21 Å². The van der Waals surface area contributed by atoms with Gasteiger partial charge in [0.2, 0.25) is 0 Å². The molecule has 1 amide bonds. The molecule has 0 saturated carbocycles. The Morgan fingerprint density at radius 3 is 2.55 bits per heavy atom. The standard InChI is InChI=1S/C24H26N6O3/c1-17-14-18(2)29(25-17)16-20-8-9-21(33-20)23(31)27-11-10-22-26-30(24(32)28(22)13-12-27)15-19-6-4-3-5-7-19/h3-9,14H,10-13,15-16H2,1-2H3. The number of carbonyl (C=O) groups excluding carboxylic acids is 1. The van der Waals surface area contributed by atoms with E-state index in [1.165, 1.54) is 4.68 Å². The number of carbonyl (C=O) groups is 1. The van der Waals surface area contributed by atoms with Crippen LogP contribution in [-0.4, -0.2) is 48.0 Å². The Labute approximate surface area is 190 Å². The number of hydrogen-bond donors (Lipinski definition) is 0. The minimum Gasteiger partial charge on any atom is -0.454 e. The van der Waals surface area contributed by atoms with Crippen LogP contribution >= 0.6 is 0 Å². The van der Waals surface area contributed by atoms with Gasteiger partial charge in [-0.2, -0.15) is 10.2 Å². The quantitative estimate of drug-likeness (QED) is 0.469. The van der Waals surface area contributed by atoms with E-state index in [0.29, 0.717) is 56.5 Å². The fourth-order valence-corrected chi connectivity index (χ4v) is 4.24. The molecule has 0 aliphatic carbocycles. The number of benzene rings is 1. The highest BCUT2D eigenvalue weighted by atomic mass is 16.4. The first kappa shape index (κ1) is 21.0. The van der Waals surface area contributed by atoms with Crippen molar-refractivity contribution in [2.75, 3.05) is 13.1 Å². The van der Waals surface area contributed by atoms with Gasteiger partial charge >= 0.3 is 5.69 Å². The molecule has 170 valence electrons. The van der Waals surface area contributed by atoms with E-state index in [-0.39, 0.29) is 11.6 Å². The molecule has 1 aliphatic rings. The largest absolute Gasteiger partial charge is 0.454 e. The van der Waals surface area contributed by atoms with Gasteiger partial charge in [0.25, 0.3) is 5.91 Å². The van der Waals surface area contributed by atoms with E-state index in [9.17, 15) is 9.59 Å². The Balaban J connectivity index is 1.26. The summed E-state index contributed by atoms with van der Waals surface area (Å²) in [7, 11) is 0. The summed E-state index contributed by atoms with van der Waals surface area (Å²) < 4.78 is 10.9. The van der Waals surface area contributed by atoms with Crippen molar-refractivity contribution in [1.29, 1.82) is 0 Å². The van der Waals surface area contributed by atoms with Crippen molar-refractivity contribution in [2.45, 2.75) is 39.9 Å². The molecule has 9 nitrogen and oxygen atoms in total. The average molecular weight is 447 g/mol. The molecule has 9 heteroatoms. The Morgan fingerprint density at radius 1 is 0.970 bits per heavy atom. The van der Waals surface area contributed by atoms with Crippen LogP contribution in [0.25, 0.3) is 0 Å². The number of furan rings is 1. The molecule has 4 aromatic rings. The molecule has 3 aromatic heterocycles. The van der Waals surface area contributed by atoms with E-state index in [2.05, 4.69) is 10.2 Å². The number of aryl methyl sites for hydroxylation is 2. The van der Waals surface area contributed by atoms with Crippen LogP contribution in [0, 0.1) is 13.8 Å². The second kappa shape index (κ2) is 8.57. The summed E-state index contributed by atoms with van der Waals surface area (Å²) in [5, 5.41) is 8.97.